The lowest BCUT2D eigenvalue weighted by Gasteiger charge is -2.30. The fourth-order valence-corrected chi connectivity index (χ4v) is 5.46. The maximum absolute atomic E-state index is 13.4. The fourth-order valence-electron chi connectivity index (χ4n) is 5.46. The zero-order chi connectivity index (χ0) is 26.4. The van der Waals surface area contributed by atoms with Crippen LogP contribution in [0.4, 0.5) is 0 Å². The quantitative estimate of drug-likeness (QED) is 0.447. The van der Waals surface area contributed by atoms with Gasteiger partial charge in [0.25, 0.3) is 0 Å². The number of hydrogen-bond donors (Lipinski definition) is 2. The van der Waals surface area contributed by atoms with Crippen molar-refractivity contribution < 1.29 is 28.9 Å². The number of carbonyl (C=O) groups is 2. The summed E-state index contributed by atoms with van der Waals surface area (Å²) in [5, 5.41) is 10.4. The molecule has 9 heteroatoms. The van der Waals surface area contributed by atoms with Crippen LogP contribution in [-0.2, 0) is 16.0 Å². The SMILES string of the molecule is CCCCN(CCN)C(=O)CN1C[C@H](c2ccc3c(c2)OCO3)C(C(=O)O)[C@@H]1Cc1ccccc1OC. The Hall–Kier alpha value is -3.30. The van der Waals surface area contributed by atoms with E-state index in [0.717, 1.165) is 24.0 Å². The number of methoxy groups -OCH3 is 1. The zero-order valence-electron chi connectivity index (χ0n) is 21.6. The van der Waals surface area contributed by atoms with Gasteiger partial charge in [-0.1, -0.05) is 37.6 Å². The highest BCUT2D eigenvalue weighted by atomic mass is 16.7. The normalized spacial score (nSPS) is 20.7. The third-order valence-electron chi connectivity index (χ3n) is 7.35. The maximum atomic E-state index is 13.4. The summed E-state index contributed by atoms with van der Waals surface area (Å²) in [6.45, 7) is 4.32. The second-order valence-corrected chi connectivity index (χ2v) is 9.62. The van der Waals surface area contributed by atoms with E-state index in [-0.39, 0.29) is 25.2 Å². The zero-order valence-corrected chi connectivity index (χ0v) is 21.6. The van der Waals surface area contributed by atoms with Gasteiger partial charge in [0.1, 0.15) is 5.75 Å². The topological polar surface area (TPSA) is 115 Å². The van der Waals surface area contributed by atoms with Crippen molar-refractivity contribution in [1.82, 2.24) is 9.80 Å². The summed E-state index contributed by atoms with van der Waals surface area (Å²) in [4.78, 5) is 30.0. The Balaban J connectivity index is 1.66. The molecular weight excluding hydrogens is 474 g/mol. The average Bonchev–Trinajstić information content (AvgIpc) is 3.51. The molecule has 0 radical (unpaired) electrons. The number of likely N-dealkylation sites (tertiary alicyclic amines) is 1. The molecule has 37 heavy (non-hydrogen) atoms. The minimum absolute atomic E-state index is 0.0283. The summed E-state index contributed by atoms with van der Waals surface area (Å²) in [5.74, 6) is 0.0133. The first kappa shape index (κ1) is 26.8. The number of nitrogens with zero attached hydrogens (tertiary/aromatic N) is 2. The number of amides is 1. The van der Waals surface area contributed by atoms with Crippen molar-refractivity contribution in [1.29, 1.82) is 0 Å². The number of hydrogen-bond acceptors (Lipinski definition) is 7. The van der Waals surface area contributed by atoms with Gasteiger partial charge >= 0.3 is 5.97 Å². The first-order chi connectivity index (χ1) is 18.0. The number of benzene rings is 2. The van der Waals surface area contributed by atoms with Gasteiger partial charge in [-0.2, -0.15) is 0 Å². The van der Waals surface area contributed by atoms with Crippen LogP contribution in [0.3, 0.4) is 0 Å². The molecule has 1 saturated heterocycles. The number of carboxylic acid groups (broad SMARTS) is 1. The minimum Gasteiger partial charge on any atom is -0.496 e. The highest BCUT2D eigenvalue weighted by Crippen LogP contribution is 2.43. The van der Waals surface area contributed by atoms with E-state index in [1.165, 1.54) is 0 Å². The second kappa shape index (κ2) is 12.3. The van der Waals surface area contributed by atoms with Crippen LogP contribution in [0.2, 0.25) is 0 Å². The van der Waals surface area contributed by atoms with Crippen LogP contribution in [0.1, 0.15) is 36.8 Å². The number of rotatable bonds is 12. The van der Waals surface area contributed by atoms with E-state index in [2.05, 4.69) is 6.92 Å². The highest BCUT2D eigenvalue weighted by Gasteiger charge is 2.47. The van der Waals surface area contributed by atoms with E-state index < -0.39 is 17.9 Å². The van der Waals surface area contributed by atoms with Gasteiger partial charge in [-0.15, -0.1) is 0 Å². The Morgan fingerprint density at radius 3 is 2.68 bits per heavy atom. The number of nitrogens with two attached hydrogens (primary N) is 1. The van der Waals surface area contributed by atoms with E-state index in [0.29, 0.717) is 49.8 Å². The van der Waals surface area contributed by atoms with Crippen molar-refractivity contribution in [2.24, 2.45) is 11.7 Å². The highest BCUT2D eigenvalue weighted by molar-refractivity contribution is 5.79. The van der Waals surface area contributed by atoms with E-state index >= 15 is 0 Å². The standard InChI is InChI=1S/C28H37N3O6/c1-3-4-12-30(13-11-29)26(32)17-31-16-21(19-9-10-24-25(15-19)37-18-36-24)27(28(33)34)22(31)14-20-7-5-6-8-23(20)35-2/h5-10,15,21-22,27H,3-4,11-14,16-18,29H2,1-2H3,(H,33,34)/t21-,22+,27?/m1/s1. The molecule has 0 bridgehead atoms. The number of ether oxygens (including phenoxy) is 3. The smallest absolute Gasteiger partial charge is 0.308 e. The van der Waals surface area contributed by atoms with Gasteiger partial charge in [0.2, 0.25) is 12.7 Å². The summed E-state index contributed by atoms with van der Waals surface area (Å²) >= 11 is 0. The van der Waals surface area contributed by atoms with Gasteiger partial charge < -0.3 is 30.0 Å². The summed E-state index contributed by atoms with van der Waals surface area (Å²) < 4.78 is 16.6. The van der Waals surface area contributed by atoms with Crippen LogP contribution in [-0.4, -0.2) is 79.5 Å². The molecule has 2 heterocycles. The summed E-state index contributed by atoms with van der Waals surface area (Å²) in [6.07, 6.45) is 2.32. The Morgan fingerprint density at radius 1 is 1.16 bits per heavy atom. The number of unbranched alkanes of at least 4 members (excludes halogenated alkanes) is 1. The Morgan fingerprint density at radius 2 is 1.95 bits per heavy atom. The lowest BCUT2D eigenvalue weighted by Crippen LogP contribution is -2.46. The number of fused-ring (bicyclic) bond motifs is 1. The van der Waals surface area contributed by atoms with E-state index in [1.807, 2.05) is 47.4 Å². The predicted octanol–water partition coefficient (Wildman–Crippen LogP) is 2.72. The van der Waals surface area contributed by atoms with Gasteiger partial charge in [0.15, 0.2) is 11.5 Å². The summed E-state index contributed by atoms with van der Waals surface area (Å²) in [6, 6.07) is 12.8. The van der Waals surface area contributed by atoms with Gasteiger partial charge in [-0.3, -0.25) is 14.5 Å². The molecule has 0 saturated carbocycles. The van der Waals surface area contributed by atoms with E-state index in [4.69, 9.17) is 19.9 Å². The first-order valence-corrected chi connectivity index (χ1v) is 12.9. The first-order valence-electron chi connectivity index (χ1n) is 12.9. The van der Waals surface area contributed by atoms with Crippen LogP contribution in [0, 0.1) is 5.92 Å². The summed E-state index contributed by atoms with van der Waals surface area (Å²) in [7, 11) is 1.61. The van der Waals surface area contributed by atoms with Crippen molar-refractivity contribution in [3.63, 3.8) is 0 Å². The van der Waals surface area contributed by atoms with Crippen molar-refractivity contribution in [2.45, 2.75) is 38.1 Å². The van der Waals surface area contributed by atoms with Crippen molar-refractivity contribution in [3.05, 3.63) is 53.6 Å². The number of carbonyl (C=O) groups excluding carboxylic acids is 1. The second-order valence-electron chi connectivity index (χ2n) is 9.62. The molecule has 9 nitrogen and oxygen atoms in total. The lowest BCUT2D eigenvalue weighted by atomic mass is 9.83. The third-order valence-corrected chi connectivity index (χ3v) is 7.35. The molecule has 2 aliphatic heterocycles. The van der Waals surface area contributed by atoms with Crippen molar-refractivity contribution in [2.75, 3.05) is 46.6 Å². The molecule has 1 fully saturated rings. The molecule has 3 N–H and O–H groups in total. The molecule has 4 rings (SSSR count). The molecule has 0 spiro atoms. The molecule has 3 atom stereocenters. The van der Waals surface area contributed by atoms with Crippen LogP contribution < -0.4 is 19.9 Å². The molecule has 1 amide bonds. The lowest BCUT2D eigenvalue weighted by molar-refractivity contribution is -0.143. The monoisotopic (exact) mass is 511 g/mol. The fraction of sp³-hybridized carbons (Fsp3) is 0.500. The van der Waals surface area contributed by atoms with Crippen LogP contribution in [0.5, 0.6) is 17.2 Å². The molecule has 200 valence electrons. The van der Waals surface area contributed by atoms with E-state index in [1.54, 1.807) is 12.0 Å². The minimum atomic E-state index is -0.887. The molecular formula is C28H37N3O6. The number of para-hydroxylation sites is 1. The van der Waals surface area contributed by atoms with Gasteiger partial charge in [0, 0.05) is 38.1 Å². The Bertz CT molecular complexity index is 1090. The van der Waals surface area contributed by atoms with Crippen LogP contribution in [0.15, 0.2) is 42.5 Å². The van der Waals surface area contributed by atoms with Crippen LogP contribution >= 0.6 is 0 Å². The summed E-state index contributed by atoms with van der Waals surface area (Å²) in [5.41, 5.74) is 7.57. The van der Waals surface area contributed by atoms with Gasteiger partial charge in [-0.05, 0) is 42.2 Å². The molecule has 2 aromatic carbocycles. The van der Waals surface area contributed by atoms with Gasteiger partial charge in [-0.25, -0.2) is 0 Å². The molecule has 0 aromatic heterocycles. The predicted molar refractivity (Wildman–Crippen MR) is 139 cm³/mol. The number of aliphatic carboxylic acids is 1. The molecule has 1 unspecified atom stereocenters. The molecule has 2 aromatic rings. The Labute approximate surface area is 218 Å². The van der Waals surface area contributed by atoms with Crippen LogP contribution in [0.25, 0.3) is 0 Å². The Kier molecular flexibility index (Phi) is 8.89. The van der Waals surface area contributed by atoms with Gasteiger partial charge in [0.05, 0.1) is 19.6 Å². The van der Waals surface area contributed by atoms with Crippen molar-refractivity contribution >= 4 is 11.9 Å². The average molecular weight is 512 g/mol. The van der Waals surface area contributed by atoms with E-state index in [9.17, 15) is 14.7 Å². The third kappa shape index (κ3) is 5.99. The molecule has 0 aliphatic carbocycles. The molecule has 2 aliphatic rings. The number of carboxylic acids is 1. The largest absolute Gasteiger partial charge is 0.496 e. The van der Waals surface area contributed by atoms with Crippen molar-refractivity contribution in [3.8, 4) is 17.2 Å². The maximum Gasteiger partial charge on any atom is 0.308 e.